The fourth-order valence-electron chi connectivity index (χ4n) is 3.15. The molecule has 0 radical (unpaired) electrons. The molecule has 0 spiro atoms. The van der Waals surface area contributed by atoms with E-state index in [2.05, 4.69) is 22.2 Å². The maximum Gasteiger partial charge on any atom is 0.229 e. The van der Waals surface area contributed by atoms with Crippen molar-refractivity contribution < 1.29 is 13.2 Å². The van der Waals surface area contributed by atoms with Gasteiger partial charge in [-0.1, -0.05) is 12.2 Å². The van der Waals surface area contributed by atoms with Gasteiger partial charge in [0.25, 0.3) is 0 Å². The number of amides is 1. The Balaban J connectivity index is 1.63. The van der Waals surface area contributed by atoms with Crippen molar-refractivity contribution in [2.24, 2.45) is 17.8 Å². The molecule has 5 nitrogen and oxygen atoms in total. The van der Waals surface area contributed by atoms with Crippen molar-refractivity contribution in [2.45, 2.75) is 12.8 Å². The van der Waals surface area contributed by atoms with Crippen LogP contribution >= 0.6 is 0 Å². The van der Waals surface area contributed by atoms with Gasteiger partial charge in [-0.3, -0.25) is 9.52 Å². The van der Waals surface area contributed by atoms with Crippen molar-refractivity contribution in [1.29, 1.82) is 0 Å². The Morgan fingerprint density at radius 3 is 2.29 bits per heavy atom. The summed E-state index contributed by atoms with van der Waals surface area (Å²) in [6.07, 6.45) is 7.49. The molecule has 6 heteroatoms. The van der Waals surface area contributed by atoms with E-state index in [-0.39, 0.29) is 11.8 Å². The Hall–Kier alpha value is -1.82. The largest absolute Gasteiger partial charge is 0.326 e. The average Bonchev–Trinajstić information content (AvgIpc) is 3.01. The number of nitrogens with one attached hydrogen (secondary N) is 2. The monoisotopic (exact) mass is 306 g/mol. The maximum absolute atomic E-state index is 12.3. The molecular formula is C15H18N2O3S. The zero-order valence-electron chi connectivity index (χ0n) is 11.7. The van der Waals surface area contributed by atoms with Gasteiger partial charge in [0, 0.05) is 17.3 Å². The number of hydrogen-bond donors (Lipinski definition) is 2. The van der Waals surface area contributed by atoms with E-state index in [1.807, 2.05) is 0 Å². The van der Waals surface area contributed by atoms with Crippen molar-refractivity contribution in [3.05, 3.63) is 36.4 Å². The number of carbonyl (C=O) groups excluding carboxylic acids is 1. The number of benzene rings is 1. The summed E-state index contributed by atoms with van der Waals surface area (Å²) >= 11 is 0. The summed E-state index contributed by atoms with van der Waals surface area (Å²) in [6.45, 7) is 0. The van der Waals surface area contributed by atoms with Gasteiger partial charge in [0.15, 0.2) is 0 Å². The van der Waals surface area contributed by atoms with Gasteiger partial charge in [-0.25, -0.2) is 8.42 Å². The summed E-state index contributed by atoms with van der Waals surface area (Å²) in [7, 11) is -3.28. The molecule has 21 heavy (non-hydrogen) atoms. The zero-order valence-corrected chi connectivity index (χ0v) is 12.6. The van der Waals surface area contributed by atoms with Gasteiger partial charge in [-0.05, 0) is 48.9 Å². The fourth-order valence-corrected chi connectivity index (χ4v) is 3.72. The predicted octanol–water partition coefficient (Wildman–Crippen LogP) is 2.21. The van der Waals surface area contributed by atoms with Gasteiger partial charge in [0.1, 0.15) is 0 Å². The van der Waals surface area contributed by atoms with Crippen LogP contribution in [0.3, 0.4) is 0 Å². The van der Waals surface area contributed by atoms with E-state index in [4.69, 9.17) is 0 Å². The lowest BCUT2D eigenvalue weighted by Crippen LogP contribution is -2.25. The van der Waals surface area contributed by atoms with Crippen molar-refractivity contribution in [3.8, 4) is 0 Å². The van der Waals surface area contributed by atoms with Crippen LogP contribution in [0, 0.1) is 17.8 Å². The highest BCUT2D eigenvalue weighted by molar-refractivity contribution is 7.92. The summed E-state index contributed by atoms with van der Waals surface area (Å²) in [5.41, 5.74) is 1.17. The summed E-state index contributed by atoms with van der Waals surface area (Å²) in [4.78, 5) is 12.3. The second-order valence-electron chi connectivity index (χ2n) is 5.83. The van der Waals surface area contributed by atoms with Crippen LogP contribution in [0.5, 0.6) is 0 Å². The van der Waals surface area contributed by atoms with E-state index in [0.717, 1.165) is 19.1 Å². The van der Waals surface area contributed by atoms with Crippen LogP contribution in [0.4, 0.5) is 11.4 Å². The number of hydrogen-bond acceptors (Lipinski definition) is 3. The first-order chi connectivity index (χ1) is 9.90. The molecule has 0 saturated heterocycles. The Morgan fingerprint density at radius 1 is 1.10 bits per heavy atom. The van der Waals surface area contributed by atoms with Gasteiger partial charge in [0.2, 0.25) is 15.9 Å². The van der Waals surface area contributed by atoms with E-state index >= 15 is 0 Å². The third-order valence-corrected chi connectivity index (χ3v) is 4.68. The Kier molecular flexibility index (Phi) is 3.49. The molecule has 0 heterocycles. The summed E-state index contributed by atoms with van der Waals surface area (Å²) in [5, 5.41) is 2.91. The van der Waals surface area contributed by atoms with Gasteiger partial charge in [-0.2, -0.15) is 0 Å². The minimum absolute atomic E-state index is 0.0515. The van der Waals surface area contributed by atoms with E-state index in [9.17, 15) is 13.2 Å². The normalized spacial score (nSPS) is 26.8. The molecule has 1 aromatic carbocycles. The lowest BCUT2D eigenvalue weighted by atomic mass is 9.93. The zero-order chi connectivity index (χ0) is 15.0. The third kappa shape index (κ3) is 3.26. The SMILES string of the molecule is CS(=O)(=O)Nc1ccc(NC(=O)[C@H]2C[C@H]3C=C[C@H]2C3)cc1. The van der Waals surface area contributed by atoms with E-state index < -0.39 is 10.0 Å². The Morgan fingerprint density at radius 2 is 1.76 bits per heavy atom. The van der Waals surface area contributed by atoms with Crippen molar-refractivity contribution in [2.75, 3.05) is 16.3 Å². The van der Waals surface area contributed by atoms with Crippen LogP contribution in [0.1, 0.15) is 12.8 Å². The van der Waals surface area contributed by atoms with Crippen molar-refractivity contribution >= 4 is 27.3 Å². The molecule has 0 aromatic heterocycles. The van der Waals surface area contributed by atoms with Crippen LogP contribution < -0.4 is 10.0 Å². The molecule has 112 valence electrons. The van der Waals surface area contributed by atoms with E-state index in [0.29, 0.717) is 23.2 Å². The quantitative estimate of drug-likeness (QED) is 0.837. The molecule has 3 atom stereocenters. The highest BCUT2D eigenvalue weighted by Crippen LogP contribution is 2.43. The van der Waals surface area contributed by atoms with Gasteiger partial charge in [0.05, 0.1) is 6.26 Å². The fraction of sp³-hybridized carbons (Fsp3) is 0.400. The van der Waals surface area contributed by atoms with Crippen LogP contribution in [-0.2, 0) is 14.8 Å². The lowest BCUT2D eigenvalue weighted by Gasteiger charge is -2.17. The minimum atomic E-state index is -3.28. The van der Waals surface area contributed by atoms with Crippen LogP contribution in [-0.4, -0.2) is 20.6 Å². The summed E-state index contributed by atoms with van der Waals surface area (Å²) in [6, 6.07) is 6.68. The molecule has 1 saturated carbocycles. The standard InChI is InChI=1S/C15H18N2O3S/c1-21(19,20)17-13-6-4-12(5-7-13)16-15(18)14-9-10-2-3-11(14)8-10/h2-7,10-11,14,17H,8-9H2,1H3,(H,16,18)/t10-,11-,14-/m0/s1. The number of sulfonamides is 1. The molecular weight excluding hydrogens is 288 g/mol. The maximum atomic E-state index is 12.3. The molecule has 3 rings (SSSR count). The molecule has 1 fully saturated rings. The van der Waals surface area contributed by atoms with E-state index in [1.54, 1.807) is 24.3 Å². The first-order valence-corrected chi connectivity index (χ1v) is 8.87. The highest BCUT2D eigenvalue weighted by atomic mass is 32.2. The molecule has 2 aliphatic rings. The van der Waals surface area contributed by atoms with Gasteiger partial charge in [-0.15, -0.1) is 0 Å². The van der Waals surface area contributed by atoms with E-state index in [1.165, 1.54) is 0 Å². The Labute approximate surface area is 124 Å². The highest BCUT2D eigenvalue weighted by Gasteiger charge is 2.39. The molecule has 2 aliphatic carbocycles. The van der Waals surface area contributed by atoms with Gasteiger partial charge < -0.3 is 5.32 Å². The van der Waals surface area contributed by atoms with Crippen LogP contribution in [0.15, 0.2) is 36.4 Å². The first kappa shape index (κ1) is 14.1. The number of fused-ring (bicyclic) bond motifs is 2. The smallest absolute Gasteiger partial charge is 0.229 e. The second kappa shape index (κ2) is 5.18. The van der Waals surface area contributed by atoms with Crippen LogP contribution in [0.25, 0.3) is 0 Å². The number of carbonyl (C=O) groups is 1. The lowest BCUT2D eigenvalue weighted by molar-refractivity contribution is -0.120. The number of allylic oxidation sites excluding steroid dienone is 2. The molecule has 1 aromatic rings. The molecule has 2 N–H and O–H groups in total. The Bertz CT molecular complexity index is 679. The minimum Gasteiger partial charge on any atom is -0.326 e. The molecule has 0 aliphatic heterocycles. The second-order valence-corrected chi connectivity index (χ2v) is 7.58. The van der Waals surface area contributed by atoms with Crippen molar-refractivity contribution in [3.63, 3.8) is 0 Å². The number of rotatable bonds is 4. The summed E-state index contributed by atoms with van der Waals surface area (Å²) < 4.78 is 24.6. The number of anilines is 2. The molecule has 0 unspecified atom stereocenters. The molecule has 2 bridgehead atoms. The van der Waals surface area contributed by atoms with Crippen LogP contribution in [0.2, 0.25) is 0 Å². The average molecular weight is 306 g/mol. The third-order valence-electron chi connectivity index (χ3n) is 4.07. The molecule has 1 amide bonds. The van der Waals surface area contributed by atoms with Gasteiger partial charge >= 0.3 is 0 Å². The predicted molar refractivity (Wildman–Crippen MR) is 82.4 cm³/mol. The summed E-state index contributed by atoms with van der Waals surface area (Å²) in [5.74, 6) is 1.05. The first-order valence-electron chi connectivity index (χ1n) is 6.98. The van der Waals surface area contributed by atoms with Crippen molar-refractivity contribution in [1.82, 2.24) is 0 Å². The topological polar surface area (TPSA) is 75.3 Å².